The molecule has 0 aromatic carbocycles. The average molecular weight is 325 g/mol. The maximum atomic E-state index is 5.72. The molecule has 1 saturated carbocycles. The predicted molar refractivity (Wildman–Crippen MR) is 92.0 cm³/mol. The fourth-order valence-corrected chi connectivity index (χ4v) is 2.96. The lowest BCUT2D eigenvalue weighted by atomic mass is 9.80. The molecule has 0 amide bonds. The zero-order valence-corrected chi connectivity index (χ0v) is 13.4. The molecule has 0 saturated heterocycles. The summed E-state index contributed by atoms with van der Waals surface area (Å²) in [5.41, 5.74) is 3.42. The fourth-order valence-electron chi connectivity index (χ4n) is 2.81. The SMILES string of the molecule is Clc1ccn2ccnc2c1.c1cn2ccc(C3CCC3)cc2n1. The first-order valence-electron chi connectivity index (χ1n) is 7.80. The van der Waals surface area contributed by atoms with Crippen LogP contribution in [0, 0.1) is 0 Å². The number of aromatic nitrogens is 4. The molecule has 1 aliphatic rings. The fraction of sp³-hybridized carbons (Fsp3) is 0.222. The van der Waals surface area contributed by atoms with E-state index in [9.17, 15) is 0 Å². The average Bonchev–Trinajstić information content (AvgIpc) is 3.13. The molecular formula is C18H17ClN4. The van der Waals surface area contributed by atoms with Crippen molar-refractivity contribution < 1.29 is 0 Å². The summed E-state index contributed by atoms with van der Waals surface area (Å²) in [5, 5.41) is 0.721. The standard InChI is InChI=1S/C11H12N2.C7H5ClN2/c1-2-9(3-1)10-4-6-13-7-5-12-11(13)8-10;8-6-1-3-10-4-2-9-7(10)5-6/h4-9H,1-3H2;1-5H. The molecule has 0 unspecified atom stereocenters. The number of halogens is 1. The van der Waals surface area contributed by atoms with E-state index < -0.39 is 0 Å². The Morgan fingerprint density at radius 3 is 2.17 bits per heavy atom. The van der Waals surface area contributed by atoms with Crippen molar-refractivity contribution in [1.82, 2.24) is 18.8 Å². The van der Waals surface area contributed by atoms with Crippen LogP contribution in [0.3, 0.4) is 0 Å². The van der Waals surface area contributed by atoms with Gasteiger partial charge in [0.1, 0.15) is 11.3 Å². The van der Waals surface area contributed by atoms with Crippen LogP contribution in [-0.2, 0) is 0 Å². The zero-order valence-electron chi connectivity index (χ0n) is 12.6. The van der Waals surface area contributed by atoms with Crippen LogP contribution in [-0.4, -0.2) is 18.8 Å². The van der Waals surface area contributed by atoms with E-state index in [0.29, 0.717) is 0 Å². The normalized spacial score (nSPS) is 14.5. The molecule has 5 rings (SSSR count). The molecule has 4 nitrogen and oxygen atoms in total. The van der Waals surface area contributed by atoms with Gasteiger partial charge in [-0.2, -0.15) is 0 Å². The lowest BCUT2D eigenvalue weighted by Crippen LogP contribution is -2.08. The van der Waals surface area contributed by atoms with E-state index in [-0.39, 0.29) is 0 Å². The minimum Gasteiger partial charge on any atom is -0.307 e. The quantitative estimate of drug-likeness (QED) is 0.513. The van der Waals surface area contributed by atoms with Crippen molar-refractivity contribution >= 4 is 22.9 Å². The molecule has 0 N–H and O–H groups in total. The first-order chi connectivity index (χ1) is 11.3. The van der Waals surface area contributed by atoms with Crippen LogP contribution in [0.1, 0.15) is 30.7 Å². The molecule has 0 atom stereocenters. The van der Waals surface area contributed by atoms with E-state index in [4.69, 9.17) is 11.6 Å². The summed E-state index contributed by atoms with van der Waals surface area (Å²) in [6.07, 6.45) is 15.6. The minimum atomic E-state index is 0.721. The zero-order chi connectivity index (χ0) is 15.6. The van der Waals surface area contributed by atoms with Crippen molar-refractivity contribution in [2.75, 3.05) is 0 Å². The number of imidazole rings is 2. The number of hydrogen-bond acceptors (Lipinski definition) is 2. The summed E-state index contributed by atoms with van der Waals surface area (Å²) in [5.74, 6) is 0.807. The van der Waals surface area contributed by atoms with Gasteiger partial charge in [-0.05, 0) is 48.6 Å². The Bertz CT molecular complexity index is 936. The number of rotatable bonds is 1. The van der Waals surface area contributed by atoms with Crippen molar-refractivity contribution in [2.24, 2.45) is 0 Å². The van der Waals surface area contributed by atoms with Gasteiger partial charge in [0.05, 0.1) is 0 Å². The van der Waals surface area contributed by atoms with Crippen LogP contribution in [0.25, 0.3) is 11.3 Å². The van der Waals surface area contributed by atoms with Gasteiger partial charge in [0, 0.05) is 42.2 Å². The molecule has 0 aliphatic heterocycles. The lowest BCUT2D eigenvalue weighted by molar-refractivity contribution is 0.419. The van der Waals surface area contributed by atoms with Crippen LogP contribution in [0.15, 0.2) is 61.4 Å². The van der Waals surface area contributed by atoms with E-state index in [1.165, 1.54) is 24.8 Å². The van der Waals surface area contributed by atoms with Gasteiger partial charge in [-0.1, -0.05) is 18.0 Å². The van der Waals surface area contributed by atoms with E-state index in [1.807, 2.05) is 41.3 Å². The highest BCUT2D eigenvalue weighted by Gasteiger charge is 2.19. The topological polar surface area (TPSA) is 34.6 Å². The van der Waals surface area contributed by atoms with E-state index in [2.05, 4.69) is 32.7 Å². The van der Waals surface area contributed by atoms with Gasteiger partial charge in [-0.15, -0.1) is 0 Å². The summed E-state index contributed by atoms with van der Waals surface area (Å²) in [6, 6.07) is 8.08. The third kappa shape index (κ3) is 2.94. The van der Waals surface area contributed by atoms with Gasteiger partial charge in [-0.25, -0.2) is 9.97 Å². The summed E-state index contributed by atoms with van der Waals surface area (Å²) in [4.78, 5) is 8.34. The summed E-state index contributed by atoms with van der Waals surface area (Å²) in [6.45, 7) is 0. The smallest absolute Gasteiger partial charge is 0.138 e. The Morgan fingerprint density at radius 2 is 1.52 bits per heavy atom. The molecule has 0 spiro atoms. The van der Waals surface area contributed by atoms with Gasteiger partial charge < -0.3 is 8.80 Å². The monoisotopic (exact) mass is 324 g/mol. The van der Waals surface area contributed by atoms with Crippen LogP contribution < -0.4 is 0 Å². The largest absolute Gasteiger partial charge is 0.307 e. The number of hydrogen-bond donors (Lipinski definition) is 0. The second kappa shape index (κ2) is 6.05. The third-order valence-corrected chi connectivity index (χ3v) is 4.59. The highest BCUT2D eigenvalue weighted by molar-refractivity contribution is 6.30. The Balaban J connectivity index is 0.000000122. The molecular weight excluding hydrogens is 308 g/mol. The summed E-state index contributed by atoms with van der Waals surface area (Å²) >= 11 is 5.72. The molecule has 4 heterocycles. The minimum absolute atomic E-state index is 0.721. The molecule has 1 fully saturated rings. The van der Waals surface area contributed by atoms with Crippen molar-refractivity contribution in [3.63, 3.8) is 0 Å². The molecule has 4 aromatic rings. The van der Waals surface area contributed by atoms with E-state index >= 15 is 0 Å². The van der Waals surface area contributed by atoms with E-state index in [0.717, 1.165) is 22.2 Å². The van der Waals surface area contributed by atoms with Gasteiger partial charge in [0.15, 0.2) is 0 Å². The van der Waals surface area contributed by atoms with Crippen LogP contribution in [0.5, 0.6) is 0 Å². The molecule has 0 radical (unpaired) electrons. The second-order valence-corrected chi connectivity index (χ2v) is 6.25. The Labute approximate surface area is 139 Å². The van der Waals surface area contributed by atoms with Crippen LogP contribution in [0.4, 0.5) is 0 Å². The first-order valence-corrected chi connectivity index (χ1v) is 8.18. The van der Waals surface area contributed by atoms with Gasteiger partial charge in [-0.3, -0.25) is 0 Å². The van der Waals surface area contributed by atoms with Crippen LogP contribution >= 0.6 is 11.6 Å². The molecule has 0 bridgehead atoms. The molecule has 116 valence electrons. The predicted octanol–water partition coefficient (Wildman–Crippen LogP) is 4.59. The molecule has 5 heteroatoms. The third-order valence-electron chi connectivity index (χ3n) is 4.36. The summed E-state index contributed by atoms with van der Waals surface area (Å²) < 4.78 is 3.97. The molecule has 1 aliphatic carbocycles. The Hall–Kier alpha value is -2.33. The van der Waals surface area contributed by atoms with Gasteiger partial charge >= 0.3 is 0 Å². The Morgan fingerprint density at radius 1 is 0.870 bits per heavy atom. The summed E-state index contributed by atoms with van der Waals surface area (Å²) in [7, 11) is 0. The van der Waals surface area contributed by atoms with Crippen molar-refractivity contribution in [3.8, 4) is 0 Å². The molecule has 4 aromatic heterocycles. The lowest BCUT2D eigenvalue weighted by Gasteiger charge is -2.25. The van der Waals surface area contributed by atoms with Crippen LogP contribution in [0.2, 0.25) is 5.02 Å². The van der Waals surface area contributed by atoms with Crippen molar-refractivity contribution in [2.45, 2.75) is 25.2 Å². The van der Waals surface area contributed by atoms with Crippen molar-refractivity contribution in [1.29, 1.82) is 0 Å². The van der Waals surface area contributed by atoms with Crippen molar-refractivity contribution in [3.05, 3.63) is 72.0 Å². The second-order valence-electron chi connectivity index (χ2n) is 5.82. The maximum absolute atomic E-state index is 5.72. The molecule has 23 heavy (non-hydrogen) atoms. The van der Waals surface area contributed by atoms with Gasteiger partial charge in [0.2, 0.25) is 0 Å². The maximum Gasteiger partial charge on any atom is 0.138 e. The highest BCUT2D eigenvalue weighted by atomic mass is 35.5. The first kappa shape index (κ1) is 14.3. The Kier molecular flexibility index (Phi) is 3.75. The van der Waals surface area contributed by atoms with Gasteiger partial charge in [0.25, 0.3) is 0 Å². The number of pyridine rings is 2. The highest BCUT2D eigenvalue weighted by Crippen LogP contribution is 2.36. The number of fused-ring (bicyclic) bond motifs is 2. The number of nitrogens with zero attached hydrogens (tertiary/aromatic N) is 4. The van der Waals surface area contributed by atoms with E-state index in [1.54, 1.807) is 6.20 Å².